The van der Waals surface area contributed by atoms with Crippen LogP contribution in [0.5, 0.6) is 0 Å². The first-order chi connectivity index (χ1) is 14.0. The third-order valence-electron chi connectivity index (χ3n) is 5.33. The van der Waals surface area contributed by atoms with Crippen molar-refractivity contribution in [2.24, 2.45) is 0 Å². The molecule has 1 aliphatic heterocycles. The van der Waals surface area contributed by atoms with Gasteiger partial charge in [-0.15, -0.1) is 0 Å². The van der Waals surface area contributed by atoms with E-state index in [1.54, 1.807) is 18.2 Å². The van der Waals surface area contributed by atoms with Gasteiger partial charge in [0.1, 0.15) is 17.3 Å². The summed E-state index contributed by atoms with van der Waals surface area (Å²) in [7, 11) is 0. The van der Waals surface area contributed by atoms with Gasteiger partial charge in [-0.2, -0.15) is 0 Å². The largest absolute Gasteiger partial charge is 0.360 e. The first kappa shape index (κ1) is 19.4. The summed E-state index contributed by atoms with van der Waals surface area (Å²) in [6.07, 6.45) is 3.77. The Morgan fingerprint density at radius 3 is 2.62 bits per heavy atom. The third kappa shape index (κ3) is 4.09. The second-order valence-corrected chi connectivity index (χ2v) is 7.75. The van der Waals surface area contributed by atoms with Crippen molar-refractivity contribution in [3.63, 3.8) is 0 Å². The van der Waals surface area contributed by atoms with E-state index in [1.807, 2.05) is 24.8 Å². The van der Waals surface area contributed by atoms with Crippen molar-refractivity contribution in [1.82, 2.24) is 15.2 Å². The second-order valence-electron chi connectivity index (χ2n) is 7.75. The molecule has 0 saturated carbocycles. The summed E-state index contributed by atoms with van der Waals surface area (Å²) in [4.78, 5) is 15.0. The molecule has 3 heterocycles. The van der Waals surface area contributed by atoms with Crippen molar-refractivity contribution in [1.29, 1.82) is 0 Å². The minimum Gasteiger partial charge on any atom is -0.360 e. The SMILES string of the molecule is CC(C)c1cc(C(=O)N2CCCCC[C@H]2c2cc(-c3ccc(F)cc3)no2)no1. The Balaban J connectivity index is 1.61. The quantitative estimate of drug-likeness (QED) is 0.593. The first-order valence-electron chi connectivity index (χ1n) is 10.0. The monoisotopic (exact) mass is 397 g/mol. The maximum Gasteiger partial charge on any atom is 0.276 e. The normalized spacial score (nSPS) is 17.5. The Morgan fingerprint density at radius 1 is 1.10 bits per heavy atom. The number of hydrogen-bond donors (Lipinski definition) is 0. The third-order valence-corrected chi connectivity index (χ3v) is 5.33. The van der Waals surface area contributed by atoms with Gasteiger partial charge in [-0.1, -0.05) is 37.0 Å². The number of carbonyl (C=O) groups is 1. The maximum absolute atomic E-state index is 13.2. The van der Waals surface area contributed by atoms with Crippen LogP contribution in [0, 0.1) is 5.82 Å². The van der Waals surface area contributed by atoms with Crippen LogP contribution in [-0.2, 0) is 0 Å². The summed E-state index contributed by atoms with van der Waals surface area (Å²) in [6, 6.07) is 9.45. The average Bonchev–Trinajstić information content (AvgIpc) is 3.33. The molecule has 0 unspecified atom stereocenters. The highest BCUT2D eigenvalue weighted by molar-refractivity contribution is 5.92. The molecule has 29 heavy (non-hydrogen) atoms. The summed E-state index contributed by atoms with van der Waals surface area (Å²) in [5.74, 6) is 1.03. The molecule has 4 rings (SSSR count). The lowest BCUT2D eigenvalue weighted by molar-refractivity contribution is 0.0640. The molecule has 7 heteroatoms. The van der Waals surface area contributed by atoms with E-state index in [4.69, 9.17) is 9.05 Å². The molecule has 152 valence electrons. The molecule has 1 fully saturated rings. The lowest BCUT2D eigenvalue weighted by Crippen LogP contribution is -2.34. The molecule has 1 aromatic carbocycles. The van der Waals surface area contributed by atoms with Crippen molar-refractivity contribution in [3.8, 4) is 11.3 Å². The minimum atomic E-state index is -0.300. The number of amides is 1. The Hall–Kier alpha value is -2.96. The number of rotatable bonds is 4. The Labute approximate surface area is 168 Å². The molecule has 0 N–H and O–H groups in total. The van der Waals surface area contributed by atoms with Crippen LogP contribution in [0.4, 0.5) is 4.39 Å². The molecule has 0 radical (unpaired) electrons. The van der Waals surface area contributed by atoms with Crippen molar-refractivity contribution >= 4 is 5.91 Å². The molecule has 1 amide bonds. The van der Waals surface area contributed by atoms with Gasteiger partial charge in [-0.3, -0.25) is 4.79 Å². The van der Waals surface area contributed by atoms with Crippen LogP contribution in [-0.4, -0.2) is 27.7 Å². The molecular weight excluding hydrogens is 373 g/mol. The molecule has 6 nitrogen and oxygen atoms in total. The van der Waals surface area contributed by atoms with Gasteiger partial charge >= 0.3 is 0 Å². The van der Waals surface area contributed by atoms with Crippen molar-refractivity contribution in [3.05, 3.63) is 59.4 Å². The fourth-order valence-corrected chi connectivity index (χ4v) is 3.66. The molecule has 0 aliphatic carbocycles. The van der Waals surface area contributed by atoms with Crippen LogP contribution in [0.3, 0.4) is 0 Å². The summed E-state index contributed by atoms with van der Waals surface area (Å²) in [6.45, 7) is 4.62. The topological polar surface area (TPSA) is 72.4 Å². The Bertz CT molecular complexity index is 977. The van der Waals surface area contributed by atoms with Crippen molar-refractivity contribution in [2.45, 2.75) is 51.5 Å². The van der Waals surface area contributed by atoms with Crippen LogP contribution >= 0.6 is 0 Å². The van der Waals surface area contributed by atoms with E-state index in [9.17, 15) is 9.18 Å². The first-order valence-corrected chi connectivity index (χ1v) is 10.0. The van der Waals surface area contributed by atoms with Crippen LogP contribution in [0.2, 0.25) is 0 Å². The Kier molecular flexibility index (Phi) is 5.47. The summed E-state index contributed by atoms with van der Waals surface area (Å²) in [5.41, 5.74) is 1.71. The lowest BCUT2D eigenvalue weighted by atomic mass is 10.0. The number of carbonyl (C=O) groups excluding carboxylic acids is 1. The van der Waals surface area contributed by atoms with E-state index >= 15 is 0 Å². The van der Waals surface area contributed by atoms with Gasteiger partial charge in [0.05, 0.1) is 6.04 Å². The van der Waals surface area contributed by atoms with E-state index in [2.05, 4.69) is 10.3 Å². The van der Waals surface area contributed by atoms with E-state index in [-0.39, 0.29) is 23.7 Å². The predicted molar refractivity (Wildman–Crippen MR) is 105 cm³/mol. The number of nitrogens with zero attached hydrogens (tertiary/aromatic N) is 3. The van der Waals surface area contributed by atoms with Gasteiger partial charge in [0.15, 0.2) is 11.5 Å². The van der Waals surface area contributed by atoms with Crippen molar-refractivity contribution < 1.29 is 18.2 Å². The molecule has 0 spiro atoms. The summed E-state index contributed by atoms with van der Waals surface area (Å²) in [5, 5.41) is 8.13. The average molecular weight is 397 g/mol. The fraction of sp³-hybridized carbons (Fsp3) is 0.409. The molecule has 2 aromatic heterocycles. The van der Waals surface area contributed by atoms with Crippen LogP contribution in [0.25, 0.3) is 11.3 Å². The maximum atomic E-state index is 13.2. The van der Waals surface area contributed by atoms with Gasteiger partial charge < -0.3 is 13.9 Å². The van der Waals surface area contributed by atoms with Crippen LogP contribution < -0.4 is 0 Å². The van der Waals surface area contributed by atoms with Crippen LogP contribution in [0.15, 0.2) is 45.4 Å². The van der Waals surface area contributed by atoms with Gasteiger partial charge in [0.2, 0.25) is 0 Å². The molecule has 1 atom stereocenters. The molecule has 3 aromatic rings. The van der Waals surface area contributed by atoms with E-state index in [1.165, 1.54) is 12.1 Å². The van der Waals surface area contributed by atoms with Gasteiger partial charge in [0.25, 0.3) is 5.91 Å². The Morgan fingerprint density at radius 2 is 1.90 bits per heavy atom. The number of benzene rings is 1. The van der Waals surface area contributed by atoms with Gasteiger partial charge in [-0.05, 0) is 37.1 Å². The lowest BCUT2D eigenvalue weighted by Gasteiger charge is -2.27. The minimum absolute atomic E-state index is 0.160. The molecule has 1 aliphatic rings. The smallest absolute Gasteiger partial charge is 0.276 e. The number of likely N-dealkylation sites (tertiary alicyclic amines) is 1. The van der Waals surface area contributed by atoms with E-state index < -0.39 is 0 Å². The highest BCUT2D eigenvalue weighted by Crippen LogP contribution is 2.33. The highest BCUT2D eigenvalue weighted by atomic mass is 19.1. The van der Waals surface area contributed by atoms with E-state index in [0.717, 1.165) is 31.2 Å². The predicted octanol–water partition coefficient (Wildman–Crippen LogP) is 5.35. The zero-order valence-corrected chi connectivity index (χ0v) is 16.6. The molecule has 1 saturated heterocycles. The molecular formula is C22H24FN3O3. The molecule has 0 bridgehead atoms. The van der Waals surface area contributed by atoms with E-state index in [0.29, 0.717) is 29.5 Å². The second kappa shape index (κ2) is 8.19. The summed E-state index contributed by atoms with van der Waals surface area (Å²) < 4.78 is 24.1. The summed E-state index contributed by atoms with van der Waals surface area (Å²) >= 11 is 0. The highest BCUT2D eigenvalue weighted by Gasteiger charge is 2.32. The van der Waals surface area contributed by atoms with Gasteiger partial charge in [-0.25, -0.2) is 4.39 Å². The van der Waals surface area contributed by atoms with Crippen LogP contribution in [0.1, 0.15) is 73.5 Å². The zero-order valence-electron chi connectivity index (χ0n) is 16.6. The number of halogens is 1. The van der Waals surface area contributed by atoms with Crippen molar-refractivity contribution in [2.75, 3.05) is 6.54 Å². The van der Waals surface area contributed by atoms with Gasteiger partial charge in [0, 0.05) is 30.2 Å². The zero-order chi connectivity index (χ0) is 20.4. The number of hydrogen-bond acceptors (Lipinski definition) is 5. The number of aromatic nitrogens is 2. The fourth-order valence-electron chi connectivity index (χ4n) is 3.66. The standard InChI is InChI=1S/C22H24FN3O3/c1-14(2)20-13-18(25-28-20)22(27)26-11-5-3-4-6-19(26)21-12-17(24-29-21)15-7-9-16(23)10-8-15/h7-10,12-14,19H,3-6,11H2,1-2H3/t19-/m0/s1.